The molecule has 1 unspecified atom stereocenters. The van der Waals surface area contributed by atoms with E-state index in [1.807, 2.05) is 0 Å². The molecule has 1 saturated carbocycles. The molecule has 106 valence electrons. The largest absolute Gasteiger partial charge is 0.375 e. The molecule has 2 fully saturated rings. The van der Waals surface area contributed by atoms with Crippen molar-refractivity contribution in [2.75, 3.05) is 19.7 Å². The first-order chi connectivity index (χ1) is 9.42. The Balaban J connectivity index is 1.37. The van der Waals surface area contributed by atoms with Gasteiger partial charge < -0.3 is 10.1 Å². The number of rotatable bonds is 6. The van der Waals surface area contributed by atoms with Gasteiger partial charge in [-0.2, -0.15) is 5.10 Å². The second-order valence-electron chi connectivity index (χ2n) is 5.93. The molecule has 3 rings (SSSR count). The summed E-state index contributed by atoms with van der Waals surface area (Å²) in [7, 11) is 0. The average molecular weight is 263 g/mol. The minimum absolute atomic E-state index is 0.637. The molecule has 2 aliphatic rings. The molecule has 4 nitrogen and oxygen atoms in total. The fraction of sp³-hybridized carbons (Fsp3) is 0.800. The van der Waals surface area contributed by atoms with Crippen molar-refractivity contribution in [1.82, 2.24) is 15.1 Å². The van der Waals surface area contributed by atoms with Crippen LogP contribution in [0.5, 0.6) is 0 Å². The van der Waals surface area contributed by atoms with Crippen molar-refractivity contribution in [3.05, 3.63) is 18.0 Å². The predicted molar refractivity (Wildman–Crippen MR) is 75.0 cm³/mol. The summed E-state index contributed by atoms with van der Waals surface area (Å²) >= 11 is 0. The van der Waals surface area contributed by atoms with Crippen molar-refractivity contribution in [2.24, 2.45) is 5.92 Å². The number of aromatic nitrogens is 2. The molecule has 1 aromatic rings. The fourth-order valence-corrected chi connectivity index (χ4v) is 3.21. The third-order valence-corrected chi connectivity index (χ3v) is 4.45. The van der Waals surface area contributed by atoms with Crippen LogP contribution in [-0.2, 0) is 11.3 Å². The fourth-order valence-electron chi connectivity index (χ4n) is 3.21. The third-order valence-electron chi connectivity index (χ3n) is 4.45. The molecule has 0 radical (unpaired) electrons. The smallest absolute Gasteiger partial charge is 0.0906 e. The Morgan fingerprint density at radius 1 is 1.32 bits per heavy atom. The van der Waals surface area contributed by atoms with Gasteiger partial charge in [0.2, 0.25) is 0 Å². The van der Waals surface area contributed by atoms with E-state index >= 15 is 0 Å². The molecule has 1 aromatic heterocycles. The second-order valence-corrected chi connectivity index (χ2v) is 5.93. The molecule has 1 saturated heterocycles. The standard InChI is InChI=1S/C15H25N3O/c1-2-4-15(3-1)18-9-6-14(17-18)12-19-10-7-13-5-8-16-11-13/h6,9,13,15-16H,1-5,7-8,10-12H2. The SMILES string of the molecule is c1cn(C2CCCC2)nc1COCCC1CCNC1. The van der Waals surface area contributed by atoms with E-state index in [2.05, 4.69) is 27.4 Å². The van der Waals surface area contributed by atoms with E-state index in [0.29, 0.717) is 12.6 Å². The zero-order chi connectivity index (χ0) is 12.9. The summed E-state index contributed by atoms with van der Waals surface area (Å²) in [6, 6.07) is 2.74. The maximum atomic E-state index is 5.75. The lowest BCUT2D eigenvalue weighted by Gasteiger charge is -2.09. The lowest BCUT2D eigenvalue weighted by Crippen LogP contribution is -2.11. The molecule has 0 amide bonds. The van der Waals surface area contributed by atoms with Crippen molar-refractivity contribution < 1.29 is 4.74 Å². The van der Waals surface area contributed by atoms with Crippen LogP contribution in [0.2, 0.25) is 0 Å². The summed E-state index contributed by atoms with van der Waals surface area (Å²) in [6.45, 7) is 3.87. The van der Waals surface area contributed by atoms with Gasteiger partial charge in [-0.3, -0.25) is 4.68 Å². The summed E-state index contributed by atoms with van der Waals surface area (Å²) in [6.07, 6.45) is 9.89. The summed E-state index contributed by atoms with van der Waals surface area (Å²) in [5.41, 5.74) is 1.08. The summed E-state index contributed by atoms with van der Waals surface area (Å²) in [5, 5.41) is 8.04. The number of ether oxygens (including phenoxy) is 1. The Morgan fingerprint density at radius 2 is 2.21 bits per heavy atom. The zero-order valence-electron chi connectivity index (χ0n) is 11.7. The van der Waals surface area contributed by atoms with E-state index in [0.717, 1.165) is 18.2 Å². The molecule has 0 aromatic carbocycles. The van der Waals surface area contributed by atoms with E-state index < -0.39 is 0 Å². The van der Waals surface area contributed by atoms with Crippen LogP contribution in [0.4, 0.5) is 0 Å². The first-order valence-electron chi connectivity index (χ1n) is 7.74. The maximum Gasteiger partial charge on any atom is 0.0906 e. The number of hydrogen-bond donors (Lipinski definition) is 1. The molecule has 1 atom stereocenters. The van der Waals surface area contributed by atoms with Crippen LogP contribution >= 0.6 is 0 Å². The Labute approximate surface area is 115 Å². The van der Waals surface area contributed by atoms with E-state index in [1.54, 1.807) is 0 Å². The Hall–Kier alpha value is -0.870. The summed E-state index contributed by atoms with van der Waals surface area (Å²) in [4.78, 5) is 0. The zero-order valence-corrected chi connectivity index (χ0v) is 11.7. The molecular formula is C15H25N3O. The van der Waals surface area contributed by atoms with Gasteiger partial charge in [-0.05, 0) is 50.8 Å². The normalized spacial score (nSPS) is 24.3. The van der Waals surface area contributed by atoms with Crippen LogP contribution in [0.1, 0.15) is 50.3 Å². The van der Waals surface area contributed by atoms with Gasteiger partial charge in [0.15, 0.2) is 0 Å². The first-order valence-corrected chi connectivity index (χ1v) is 7.74. The highest BCUT2D eigenvalue weighted by Crippen LogP contribution is 2.28. The monoisotopic (exact) mass is 263 g/mol. The van der Waals surface area contributed by atoms with Crippen molar-refractivity contribution in [1.29, 1.82) is 0 Å². The predicted octanol–water partition coefficient (Wildman–Crippen LogP) is 2.51. The van der Waals surface area contributed by atoms with E-state index in [-0.39, 0.29) is 0 Å². The molecule has 2 heterocycles. The highest BCUT2D eigenvalue weighted by atomic mass is 16.5. The van der Waals surface area contributed by atoms with Crippen LogP contribution < -0.4 is 5.32 Å². The molecule has 19 heavy (non-hydrogen) atoms. The van der Waals surface area contributed by atoms with Crippen molar-refractivity contribution >= 4 is 0 Å². The van der Waals surface area contributed by atoms with Gasteiger partial charge in [0.25, 0.3) is 0 Å². The maximum absolute atomic E-state index is 5.75. The second kappa shape index (κ2) is 6.53. The molecule has 0 spiro atoms. The van der Waals surface area contributed by atoms with Gasteiger partial charge in [0.05, 0.1) is 18.3 Å². The first kappa shape index (κ1) is 13.1. The van der Waals surface area contributed by atoms with Gasteiger partial charge >= 0.3 is 0 Å². The Morgan fingerprint density at radius 3 is 3.00 bits per heavy atom. The van der Waals surface area contributed by atoms with Gasteiger partial charge in [-0.15, -0.1) is 0 Å². The average Bonchev–Trinajstić information content (AvgIpc) is 3.15. The lowest BCUT2D eigenvalue weighted by molar-refractivity contribution is 0.106. The van der Waals surface area contributed by atoms with E-state index in [4.69, 9.17) is 4.74 Å². The summed E-state index contributed by atoms with van der Waals surface area (Å²) < 4.78 is 7.90. The molecular weight excluding hydrogens is 238 g/mol. The van der Waals surface area contributed by atoms with Crippen LogP contribution in [0.25, 0.3) is 0 Å². The Kier molecular flexibility index (Phi) is 4.51. The Bertz CT molecular complexity index is 378. The minimum atomic E-state index is 0.637. The molecule has 1 aliphatic heterocycles. The van der Waals surface area contributed by atoms with Crippen LogP contribution in [0, 0.1) is 5.92 Å². The van der Waals surface area contributed by atoms with Crippen molar-refractivity contribution in [2.45, 2.75) is 51.2 Å². The number of hydrogen-bond acceptors (Lipinski definition) is 3. The van der Waals surface area contributed by atoms with E-state index in [9.17, 15) is 0 Å². The van der Waals surface area contributed by atoms with Crippen LogP contribution in [-0.4, -0.2) is 29.5 Å². The topological polar surface area (TPSA) is 39.1 Å². The highest BCUT2D eigenvalue weighted by Gasteiger charge is 2.17. The van der Waals surface area contributed by atoms with Gasteiger partial charge in [-0.1, -0.05) is 12.8 Å². The molecule has 1 N–H and O–H groups in total. The van der Waals surface area contributed by atoms with Crippen LogP contribution in [0.3, 0.4) is 0 Å². The minimum Gasteiger partial charge on any atom is -0.375 e. The van der Waals surface area contributed by atoms with Crippen molar-refractivity contribution in [3.8, 4) is 0 Å². The molecule has 0 bridgehead atoms. The number of nitrogens with one attached hydrogen (secondary N) is 1. The van der Waals surface area contributed by atoms with Gasteiger partial charge in [0, 0.05) is 12.8 Å². The highest BCUT2D eigenvalue weighted by molar-refractivity contribution is 4.98. The van der Waals surface area contributed by atoms with Gasteiger partial charge in [0.1, 0.15) is 0 Å². The van der Waals surface area contributed by atoms with Crippen LogP contribution in [0.15, 0.2) is 12.3 Å². The molecule has 1 aliphatic carbocycles. The van der Waals surface area contributed by atoms with E-state index in [1.165, 1.54) is 51.6 Å². The van der Waals surface area contributed by atoms with Crippen molar-refractivity contribution in [3.63, 3.8) is 0 Å². The number of nitrogens with zero attached hydrogens (tertiary/aromatic N) is 2. The quantitative estimate of drug-likeness (QED) is 0.802. The lowest BCUT2D eigenvalue weighted by atomic mass is 10.1. The molecule has 4 heteroatoms. The van der Waals surface area contributed by atoms with Gasteiger partial charge in [-0.25, -0.2) is 0 Å². The third kappa shape index (κ3) is 3.57. The summed E-state index contributed by atoms with van der Waals surface area (Å²) in [5.74, 6) is 0.816.